The maximum absolute atomic E-state index is 11.0. The van der Waals surface area contributed by atoms with Crippen LogP contribution in [0, 0.1) is 11.3 Å². The largest absolute Gasteiger partial charge is 0.389 e. The number of rotatable bonds is 3. The fourth-order valence-electron chi connectivity index (χ4n) is 4.00. The van der Waals surface area contributed by atoms with Crippen LogP contribution in [0.5, 0.6) is 0 Å². The van der Waals surface area contributed by atoms with Crippen molar-refractivity contribution in [2.45, 2.75) is 70.3 Å². The van der Waals surface area contributed by atoms with Crippen molar-refractivity contribution < 1.29 is 5.11 Å². The second-order valence-electron chi connectivity index (χ2n) is 6.07. The molecule has 0 amide bonds. The third kappa shape index (κ3) is 1.91. The molecule has 2 saturated carbocycles. The quantitative estimate of drug-likeness (QED) is 0.776. The van der Waals surface area contributed by atoms with Gasteiger partial charge < -0.3 is 10.8 Å². The van der Waals surface area contributed by atoms with Gasteiger partial charge in [-0.3, -0.25) is 0 Å². The van der Waals surface area contributed by atoms with Crippen molar-refractivity contribution in [3.63, 3.8) is 0 Å². The third-order valence-electron chi connectivity index (χ3n) is 5.45. The first-order valence-electron chi connectivity index (χ1n) is 7.08. The molecule has 0 aliphatic heterocycles. The molecule has 0 aromatic carbocycles. The van der Waals surface area contributed by atoms with Gasteiger partial charge in [0, 0.05) is 12.0 Å². The Morgan fingerprint density at radius 3 is 2.12 bits per heavy atom. The molecule has 0 bridgehead atoms. The van der Waals surface area contributed by atoms with Crippen LogP contribution in [0.2, 0.25) is 0 Å². The Bertz CT molecular complexity index is 225. The maximum atomic E-state index is 11.0. The number of hydrogen-bond acceptors (Lipinski definition) is 2. The molecule has 2 rings (SSSR count). The van der Waals surface area contributed by atoms with Crippen LogP contribution in [0.15, 0.2) is 0 Å². The van der Waals surface area contributed by atoms with Gasteiger partial charge in [-0.05, 0) is 44.4 Å². The zero-order chi connectivity index (χ0) is 11.6. The molecule has 0 saturated heterocycles. The van der Waals surface area contributed by atoms with Crippen molar-refractivity contribution in [1.82, 2.24) is 0 Å². The summed E-state index contributed by atoms with van der Waals surface area (Å²) in [6.45, 7) is 2.95. The summed E-state index contributed by atoms with van der Waals surface area (Å²) >= 11 is 0. The van der Waals surface area contributed by atoms with Gasteiger partial charge in [0.25, 0.3) is 0 Å². The average Bonchev–Trinajstić information content (AvgIpc) is 2.80. The molecule has 0 aromatic rings. The summed E-state index contributed by atoms with van der Waals surface area (Å²) < 4.78 is 0. The lowest BCUT2D eigenvalue weighted by atomic mass is 9.62. The highest BCUT2D eigenvalue weighted by atomic mass is 16.3. The molecule has 0 spiro atoms. The van der Waals surface area contributed by atoms with Gasteiger partial charge in [0.05, 0.1) is 5.60 Å². The van der Waals surface area contributed by atoms with E-state index in [0.717, 1.165) is 31.6 Å². The molecule has 3 N–H and O–H groups in total. The molecule has 2 fully saturated rings. The molecule has 0 radical (unpaired) electrons. The highest BCUT2D eigenvalue weighted by molar-refractivity contribution is 5.04. The number of aliphatic hydroxyl groups is 1. The van der Waals surface area contributed by atoms with Crippen LogP contribution in [-0.2, 0) is 0 Å². The lowest BCUT2D eigenvalue weighted by Crippen LogP contribution is -2.53. The van der Waals surface area contributed by atoms with Crippen LogP contribution in [0.1, 0.15) is 64.7 Å². The van der Waals surface area contributed by atoms with Crippen LogP contribution < -0.4 is 5.73 Å². The predicted octanol–water partition coefficient (Wildman–Crippen LogP) is 2.84. The zero-order valence-corrected chi connectivity index (χ0v) is 10.7. The van der Waals surface area contributed by atoms with Gasteiger partial charge >= 0.3 is 0 Å². The first kappa shape index (κ1) is 12.4. The Morgan fingerprint density at radius 1 is 1.12 bits per heavy atom. The predicted molar refractivity (Wildman–Crippen MR) is 67.2 cm³/mol. The summed E-state index contributed by atoms with van der Waals surface area (Å²) in [5.41, 5.74) is 5.61. The zero-order valence-electron chi connectivity index (χ0n) is 10.7. The minimum absolute atomic E-state index is 0.0612. The molecule has 0 atom stereocenters. The van der Waals surface area contributed by atoms with Crippen molar-refractivity contribution in [2.75, 3.05) is 6.54 Å². The topological polar surface area (TPSA) is 46.2 Å². The Kier molecular flexibility index (Phi) is 3.60. The van der Waals surface area contributed by atoms with Crippen molar-refractivity contribution in [2.24, 2.45) is 17.1 Å². The van der Waals surface area contributed by atoms with Crippen molar-refractivity contribution >= 4 is 0 Å². The highest BCUT2D eigenvalue weighted by Gasteiger charge is 2.51. The minimum atomic E-state index is -0.441. The van der Waals surface area contributed by atoms with E-state index in [0.29, 0.717) is 6.54 Å². The standard InChI is InChI=1S/C14H27NO/c1-2-12-5-9-14(16,10-6-12)13(11-15)7-3-4-8-13/h12,16H,2-11,15H2,1H3. The highest BCUT2D eigenvalue weighted by Crippen LogP contribution is 2.52. The Labute approximate surface area is 99.6 Å². The van der Waals surface area contributed by atoms with Crippen LogP contribution in [0.3, 0.4) is 0 Å². The molecule has 2 heteroatoms. The normalized spacial score (nSPS) is 38.8. The Hall–Kier alpha value is -0.0800. The van der Waals surface area contributed by atoms with Gasteiger partial charge in [0.1, 0.15) is 0 Å². The molecule has 2 aliphatic rings. The molecular weight excluding hydrogens is 198 g/mol. The minimum Gasteiger partial charge on any atom is -0.389 e. The van der Waals surface area contributed by atoms with Gasteiger partial charge in [-0.25, -0.2) is 0 Å². The molecule has 94 valence electrons. The van der Waals surface area contributed by atoms with E-state index in [-0.39, 0.29) is 5.41 Å². The molecule has 0 heterocycles. The second-order valence-corrected chi connectivity index (χ2v) is 6.07. The maximum Gasteiger partial charge on any atom is 0.0716 e. The smallest absolute Gasteiger partial charge is 0.0716 e. The number of nitrogens with two attached hydrogens (primary N) is 1. The second kappa shape index (κ2) is 4.66. The van der Waals surface area contributed by atoms with E-state index < -0.39 is 5.60 Å². The van der Waals surface area contributed by atoms with Crippen LogP contribution in [-0.4, -0.2) is 17.3 Å². The summed E-state index contributed by atoms with van der Waals surface area (Å²) in [4.78, 5) is 0. The molecule has 0 aromatic heterocycles. The van der Waals surface area contributed by atoms with E-state index in [9.17, 15) is 5.11 Å². The Morgan fingerprint density at radius 2 is 1.69 bits per heavy atom. The summed E-state index contributed by atoms with van der Waals surface area (Å²) in [5, 5.41) is 11.0. The SMILES string of the molecule is CCC1CCC(O)(C2(CN)CCCC2)CC1. The first-order chi connectivity index (χ1) is 7.66. The van der Waals surface area contributed by atoms with Crippen LogP contribution >= 0.6 is 0 Å². The Balaban J connectivity index is 2.07. The van der Waals surface area contributed by atoms with Crippen molar-refractivity contribution in [3.05, 3.63) is 0 Å². The molecule has 2 aliphatic carbocycles. The molecule has 16 heavy (non-hydrogen) atoms. The van der Waals surface area contributed by atoms with E-state index in [4.69, 9.17) is 5.73 Å². The first-order valence-corrected chi connectivity index (χ1v) is 7.08. The molecule has 0 unspecified atom stereocenters. The van der Waals surface area contributed by atoms with Crippen molar-refractivity contribution in [1.29, 1.82) is 0 Å². The summed E-state index contributed by atoms with van der Waals surface area (Å²) in [6.07, 6.45) is 10.5. The van der Waals surface area contributed by atoms with Crippen LogP contribution in [0.4, 0.5) is 0 Å². The summed E-state index contributed by atoms with van der Waals surface area (Å²) in [5.74, 6) is 0.844. The van der Waals surface area contributed by atoms with E-state index in [1.165, 1.54) is 32.1 Å². The van der Waals surface area contributed by atoms with Gasteiger partial charge in [0.2, 0.25) is 0 Å². The number of hydrogen-bond donors (Lipinski definition) is 2. The van der Waals surface area contributed by atoms with E-state index in [2.05, 4.69) is 6.92 Å². The van der Waals surface area contributed by atoms with Gasteiger partial charge in [-0.2, -0.15) is 0 Å². The van der Waals surface area contributed by atoms with E-state index >= 15 is 0 Å². The van der Waals surface area contributed by atoms with Gasteiger partial charge in [-0.1, -0.05) is 26.2 Å². The molecule has 2 nitrogen and oxygen atoms in total. The lowest BCUT2D eigenvalue weighted by Gasteiger charge is -2.48. The van der Waals surface area contributed by atoms with Crippen LogP contribution in [0.25, 0.3) is 0 Å². The third-order valence-corrected chi connectivity index (χ3v) is 5.45. The lowest BCUT2D eigenvalue weighted by molar-refractivity contribution is -0.111. The average molecular weight is 225 g/mol. The fraction of sp³-hybridized carbons (Fsp3) is 1.00. The van der Waals surface area contributed by atoms with Crippen molar-refractivity contribution in [3.8, 4) is 0 Å². The molecular formula is C14H27NO. The monoisotopic (exact) mass is 225 g/mol. The summed E-state index contributed by atoms with van der Waals surface area (Å²) in [6, 6.07) is 0. The van der Waals surface area contributed by atoms with Gasteiger partial charge in [0.15, 0.2) is 0 Å². The van der Waals surface area contributed by atoms with Gasteiger partial charge in [-0.15, -0.1) is 0 Å². The van der Waals surface area contributed by atoms with E-state index in [1.807, 2.05) is 0 Å². The summed E-state index contributed by atoms with van der Waals surface area (Å²) in [7, 11) is 0. The van der Waals surface area contributed by atoms with E-state index in [1.54, 1.807) is 0 Å². The fourth-order valence-corrected chi connectivity index (χ4v) is 4.00.